The fourth-order valence-electron chi connectivity index (χ4n) is 1.08. The maximum atomic E-state index is 13.0. The SMILES string of the molecule is CCS(=O)(=O)Nc1ccc(F)cc1C#CCO. The number of aliphatic hydroxyl groups excluding tert-OH is 1. The molecular weight excluding hydrogens is 245 g/mol. The van der Waals surface area contributed by atoms with E-state index in [1.807, 2.05) is 0 Å². The van der Waals surface area contributed by atoms with Gasteiger partial charge in [0.1, 0.15) is 12.4 Å². The highest BCUT2D eigenvalue weighted by molar-refractivity contribution is 7.92. The summed E-state index contributed by atoms with van der Waals surface area (Å²) in [5, 5.41) is 8.56. The molecule has 92 valence electrons. The van der Waals surface area contributed by atoms with Gasteiger partial charge in [-0.3, -0.25) is 4.72 Å². The van der Waals surface area contributed by atoms with E-state index >= 15 is 0 Å². The summed E-state index contributed by atoms with van der Waals surface area (Å²) in [5.74, 6) is 4.22. The van der Waals surface area contributed by atoms with E-state index in [0.717, 1.165) is 12.1 Å². The number of halogens is 1. The summed E-state index contributed by atoms with van der Waals surface area (Å²) >= 11 is 0. The summed E-state index contributed by atoms with van der Waals surface area (Å²) in [7, 11) is -3.44. The van der Waals surface area contributed by atoms with Crippen molar-refractivity contribution >= 4 is 15.7 Å². The van der Waals surface area contributed by atoms with Crippen molar-refractivity contribution in [3.8, 4) is 11.8 Å². The van der Waals surface area contributed by atoms with Crippen LogP contribution >= 0.6 is 0 Å². The van der Waals surface area contributed by atoms with Crippen molar-refractivity contribution in [1.82, 2.24) is 0 Å². The van der Waals surface area contributed by atoms with Gasteiger partial charge in [0, 0.05) is 0 Å². The fourth-order valence-corrected chi connectivity index (χ4v) is 1.74. The maximum Gasteiger partial charge on any atom is 0.232 e. The fraction of sp³-hybridized carbons (Fsp3) is 0.273. The molecule has 0 aliphatic heterocycles. The van der Waals surface area contributed by atoms with Crippen LogP contribution < -0.4 is 4.72 Å². The first-order valence-corrected chi connectivity index (χ1v) is 6.53. The first-order chi connectivity index (χ1) is 7.98. The average Bonchev–Trinajstić information content (AvgIpc) is 2.29. The molecule has 0 aromatic heterocycles. The Hall–Kier alpha value is -1.58. The summed E-state index contributed by atoms with van der Waals surface area (Å²) < 4.78 is 38.0. The molecule has 0 heterocycles. The molecular formula is C11H12FNO3S. The highest BCUT2D eigenvalue weighted by Gasteiger charge is 2.10. The van der Waals surface area contributed by atoms with E-state index in [9.17, 15) is 12.8 Å². The standard InChI is InChI=1S/C11H12FNO3S/c1-2-17(15,16)13-11-6-5-10(12)8-9(11)4-3-7-14/h5-6,8,13-14H,2,7H2,1H3. The van der Waals surface area contributed by atoms with Crippen LogP contribution in [0.15, 0.2) is 18.2 Å². The van der Waals surface area contributed by atoms with Crippen LogP contribution in [-0.2, 0) is 10.0 Å². The van der Waals surface area contributed by atoms with Crippen LogP contribution in [-0.4, -0.2) is 25.9 Å². The number of rotatable bonds is 3. The molecule has 0 spiro atoms. The predicted octanol–water partition coefficient (Wildman–Crippen LogP) is 0.931. The zero-order valence-electron chi connectivity index (χ0n) is 9.20. The third kappa shape index (κ3) is 4.06. The Kier molecular flexibility index (Phi) is 4.49. The molecule has 0 bridgehead atoms. The Labute approximate surface area is 99.5 Å². The lowest BCUT2D eigenvalue weighted by atomic mass is 10.2. The molecule has 0 aliphatic rings. The van der Waals surface area contributed by atoms with Gasteiger partial charge in [0.15, 0.2) is 0 Å². The molecule has 0 unspecified atom stereocenters. The molecule has 1 aromatic rings. The van der Waals surface area contributed by atoms with Gasteiger partial charge in [-0.25, -0.2) is 12.8 Å². The largest absolute Gasteiger partial charge is 0.384 e. The van der Waals surface area contributed by atoms with Crippen LogP contribution in [0.1, 0.15) is 12.5 Å². The van der Waals surface area contributed by atoms with Crippen molar-refractivity contribution in [3.63, 3.8) is 0 Å². The van der Waals surface area contributed by atoms with Crippen LogP contribution in [0, 0.1) is 17.7 Å². The van der Waals surface area contributed by atoms with Gasteiger partial charge < -0.3 is 5.11 Å². The molecule has 4 nitrogen and oxygen atoms in total. The molecule has 17 heavy (non-hydrogen) atoms. The molecule has 1 aromatic carbocycles. The van der Waals surface area contributed by atoms with Crippen LogP contribution in [0.4, 0.5) is 10.1 Å². The molecule has 1 rings (SSSR count). The van der Waals surface area contributed by atoms with Crippen molar-refractivity contribution in [2.75, 3.05) is 17.1 Å². The Balaban J connectivity index is 3.15. The van der Waals surface area contributed by atoms with E-state index in [1.165, 1.54) is 13.0 Å². The minimum atomic E-state index is -3.44. The summed E-state index contributed by atoms with van der Waals surface area (Å²) in [6.07, 6.45) is 0. The topological polar surface area (TPSA) is 66.4 Å². The van der Waals surface area contributed by atoms with E-state index in [4.69, 9.17) is 5.11 Å². The predicted molar refractivity (Wildman–Crippen MR) is 63.4 cm³/mol. The number of sulfonamides is 1. The molecule has 2 N–H and O–H groups in total. The molecule has 0 aliphatic carbocycles. The zero-order valence-corrected chi connectivity index (χ0v) is 10.0. The minimum Gasteiger partial charge on any atom is -0.384 e. The molecule has 0 saturated carbocycles. The Morgan fingerprint density at radius 2 is 2.18 bits per heavy atom. The number of aliphatic hydroxyl groups is 1. The summed E-state index contributed by atoms with van der Waals surface area (Å²) in [4.78, 5) is 0. The van der Waals surface area contributed by atoms with Gasteiger partial charge in [0.05, 0.1) is 17.0 Å². The van der Waals surface area contributed by atoms with Gasteiger partial charge >= 0.3 is 0 Å². The number of hydrogen-bond acceptors (Lipinski definition) is 3. The normalized spacial score (nSPS) is 10.5. The smallest absolute Gasteiger partial charge is 0.232 e. The Morgan fingerprint density at radius 3 is 2.76 bits per heavy atom. The van der Waals surface area contributed by atoms with Crippen molar-refractivity contribution in [3.05, 3.63) is 29.6 Å². The van der Waals surface area contributed by atoms with Crippen LogP contribution in [0.25, 0.3) is 0 Å². The van der Waals surface area contributed by atoms with E-state index in [1.54, 1.807) is 0 Å². The lowest BCUT2D eigenvalue weighted by Gasteiger charge is -2.08. The van der Waals surface area contributed by atoms with Crippen molar-refractivity contribution < 1.29 is 17.9 Å². The zero-order chi connectivity index (χ0) is 12.9. The van der Waals surface area contributed by atoms with E-state index in [2.05, 4.69) is 16.6 Å². The molecule has 0 saturated heterocycles. The summed E-state index contributed by atoms with van der Waals surface area (Å²) in [5.41, 5.74) is 0.394. The van der Waals surface area contributed by atoms with Gasteiger partial charge in [-0.1, -0.05) is 11.8 Å². The second-order valence-corrected chi connectivity index (χ2v) is 5.17. The van der Waals surface area contributed by atoms with Crippen molar-refractivity contribution in [2.45, 2.75) is 6.92 Å². The van der Waals surface area contributed by atoms with Gasteiger partial charge in [0.2, 0.25) is 10.0 Å². The highest BCUT2D eigenvalue weighted by Crippen LogP contribution is 2.17. The van der Waals surface area contributed by atoms with Gasteiger partial charge in [-0.15, -0.1) is 0 Å². The first-order valence-electron chi connectivity index (χ1n) is 4.88. The highest BCUT2D eigenvalue weighted by atomic mass is 32.2. The number of nitrogens with one attached hydrogen (secondary N) is 1. The second kappa shape index (κ2) is 5.66. The second-order valence-electron chi connectivity index (χ2n) is 3.16. The molecule has 0 amide bonds. The van der Waals surface area contributed by atoms with E-state index in [-0.39, 0.29) is 23.6 Å². The van der Waals surface area contributed by atoms with Gasteiger partial charge in [-0.05, 0) is 25.1 Å². The number of benzene rings is 1. The van der Waals surface area contributed by atoms with Crippen LogP contribution in [0.5, 0.6) is 0 Å². The molecule has 0 radical (unpaired) electrons. The van der Waals surface area contributed by atoms with Gasteiger partial charge in [-0.2, -0.15) is 0 Å². The first kappa shape index (κ1) is 13.5. The minimum absolute atomic E-state index is 0.0861. The Bertz CT molecular complexity index is 558. The Morgan fingerprint density at radius 1 is 1.47 bits per heavy atom. The molecule has 0 fully saturated rings. The van der Waals surface area contributed by atoms with Crippen molar-refractivity contribution in [2.24, 2.45) is 0 Å². The van der Waals surface area contributed by atoms with Crippen LogP contribution in [0.2, 0.25) is 0 Å². The van der Waals surface area contributed by atoms with Crippen molar-refractivity contribution in [1.29, 1.82) is 0 Å². The molecule has 0 atom stereocenters. The monoisotopic (exact) mass is 257 g/mol. The number of anilines is 1. The quantitative estimate of drug-likeness (QED) is 0.792. The van der Waals surface area contributed by atoms with E-state index < -0.39 is 15.8 Å². The van der Waals surface area contributed by atoms with Crippen LogP contribution in [0.3, 0.4) is 0 Å². The lowest BCUT2D eigenvalue weighted by molar-refractivity contribution is 0.350. The average molecular weight is 257 g/mol. The van der Waals surface area contributed by atoms with Gasteiger partial charge in [0.25, 0.3) is 0 Å². The maximum absolute atomic E-state index is 13.0. The number of hydrogen-bond donors (Lipinski definition) is 2. The summed E-state index contributed by atoms with van der Waals surface area (Å²) in [6.45, 7) is 1.11. The van der Waals surface area contributed by atoms with E-state index in [0.29, 0.717) is 0 Å². The third-order valence-electron chi connectivity index (χ3n) is 1.93. The molecule has 6 heteroatoms. The third-order valence-corrected chi connectivity index (χ3v) is 3.22. The lowest BCUT2D eigenvalue weighted by Crippen LogP contribution is -2.15. The summed E-state index contributed by atoms with van der Waals surface area (Å²) in [6, 6.07) is 3.54.